The second kappa shape index (κ2) is 4.84. The van der Waals surface area contributed by atoms with Crippen molar-refractivity contribution in [3.63, 3.8) is 0 Å². The topological polar surface area (TPSA) is 50.7 Å². The smallest absolute Gasteiger partial charge is 0.222 e. The summed E-state index contributed by atoms with van der Waals surface area (Å²) in [5.41, 5.74) is 0.996. The van der Waals surface area contributed by atoms with Crippen LogP contribution in [-0.2, 0) is 6.42 Å². The van der Waals surface area contributed by atoms with Crippen LogP contribution in [0.1, 0.15) is 17.6 Å². The van der Waals surface area contributed by atoms with Crippen molar-refractivity contribution in [3.05, 3.63) is 34.5 Å². The van der Waals surface area contributed by atoms with Crippen LogP contribution in [0.15, 0.2) is 23.8 Å². The van der Waals surface area contributed by atoms with Gasteiger partial charge in [-0.25, -0.2) is 15.0 Å². The number of thiazole rings is 1. The lowest BCUT2D eigenvalue weighted by Crippen LogP contribution is -2.03. The molecule has 5 heteroatoms. The Kier molecular flexibility index (Phi) is 3.24. The van der Waals surface area contributed by atoms with E-state index < -0.39 is 0 Å². The molecule has 2 rings (SSSR count). The van der Waals surface area contributed by atoms with E-state index in [1.807, 2.05) is 24.6 Å². The van der Waals surface area contributed by atoms with E-state index in [1.165, 1.54) is 0 Å². The number of nitrogens with zero attached hydrogens (tertiary/aromatic N) is 3. The highest BCUT2D eigenvalue weighted by Crippen LogP contribution is 2.10. The number of aromatic nitrogens is 3. The molecule has 2 aromatic heterocycles. The Morgan fingerprint density at radius 2 is 2.27 bits per heavy atom. The lowest BCUT2D eigenvalue weighted by atomic mass is 10.3. The van der Waals surface area contributed by atoms with Gasteiger partial charge < -0.3 is 5.32 Å². The summed E-state index contributed by atoms with van der Waals surface area (Å²) in [6.45, 7) is 2.86. The predicted octanol–water partition coefficient (Wildman–Crippen LogP) is 1.96. The van der Waals surface area contributed by atoms with E-state index in [4.69, 9.17) is 0 Å². The minimum Gasteiger partial charge on any atom is -0.354 e. The summed E-state index contributed by atoms with van der Waals surface area (Å²) in [6.07, 6.45) is 4.36. The SMILES string of the molecule is CCNc1nccc(Cc2nccs2)n1. The first kappa shape index (κ1) is 10.0. The molecule has 78 valence electrons. The molecular formula is C10H12N4S. The van der Waals surface area contributed by atoms with Gasteiger partial charge in [-0.1, -0.05) is 0 Å². The zero-order valence-electron chi connectivity index (χ0n) is 8.47. The zero-order chi connectivity index (χ0) is 10.5. The third-order valence-electron chi connectivity index (χ3n) is 1.86. The van der Waals surface area contributed by atoms with Crippen molar-refractivity contribution >= 4 is 17.3 Å². The first-order valence-electron chi connectivity index (χ1n) is 4.82. The van der Waals surface area contributed by atoms with Gasteiger partial charge in [-0.3, -0.25) is 0 Å². The zero-order valence-corrected chi connectivity index (χ0v) is 9.29. The Morgan fingerprint density at radius 1 is 1.33 bits per heavy atom. The lowest BCUT2D eigenvalue weighted by Gasteiger charge is -2.02. The van der Waals surface area contributed by atoms with E-state index in [2.05, 4.69) is 20.3 Å². The highest BCUT2D eigenvalue weighted by molar-refractivity contribution is 7.09. The van der Waals surface area contributed by atoms with Gasteiger partial charge in [0.1, 0.15) is 0 Å². The molecule has 0 unspecified atom stereocenters. The molecule has 0 atom stereocenters. The van der Waals surface area contributed by atoms with Crippen LogP contribution < -0.4 is 5.32 Å². The molecule has 0 bridgehead atoms. The maximum atomic E-state index is 4.38. The maximum absolute atomic E-state index is 4.38. The van der Waals surface area contributed by atoms with E-state index in [1.54, 1.807) is 17.5 Å². The maximum Gasteiger partial charge on any atom is 0.222 e. The van der Waals surface area contributed by atoms with Crippen LogP contribution in [0, 0.1) is 0 Å². The fourth-order valence-corrected chi connectivity index (χ4v) is 1.86. The second-order valence-corrected chi connectivity index (χ2v) is 3.98. The van der Waals surface area contributed by atoms with Gasteiger partial charge in [0.05, 0.1) is 10.7 Å². The highest BCUT2D eigenvalue weighted by atomic mass is 32.1. The van der Waals surface area contributed by atoms with E-state index in [-0.39, 0.29) is 0 Å². The van der Waals surface area contributed by atoms with E-state index in [0.29, 0.717) is 5.95 Å². The van der Waals surface area contributed by atoms with Crippen LogP contribution in [0.5, 0.6) is 0 Å². The molecule has 0 aliphatic rings. The largest absolute Gasteiger partial charge is 0.354 e. The summed E-state index contributed by atoms with van der Waals surface area (Å²) in [4.78, 5) is 12.7. The monoisotopic (exact) mass is 220 g/mol. The number of nitrogens with one attached hydrogen (secondary N) is 1. The van der Waals surface area contributed by atoms with Crippen molar-refractivity contribution in [2.45, 2.75) is 13.3 Å². The van der Waals surface area contributed by atoms with Crippen LogP contribution in [0.25, 0.3) is 0 Å². The summed E-state index contributed by atoms with van der Waals surface area (Å²) in [5.74, 6) is 0.687. The summed E-state index contributed by atoms with van der Waals surface area (Å²) in [7, 11) is 0. The average Bonchev–Trinajstić information content (AvgIpc) is 2.71. The van der Waals surface area contributed by atoms with E-state index in [9.17, 15) is 0 Å². The van der Waals surface area contributed by atoms with Crippen molar-refractivity contribution in [3.8, 4) is 0 Å². The van der Waals surface area contributed by atoms with Gasteiger partial charge in [-0.05, 0) is 13.0 Å². The Hall–Kier alpha value is -1.49. The van der Waals surface area contributed by atoms with Crippen molar-refractivity contribution in [2.75, 3.05) is 11.9 Å². The summed E-state index contributed by atoms with van der Waals surface area (Å²) in [5, 5.41) is 6.14. The Labute approximate surface area is 92.4 Å². The summed E-state index contributed by atoms with van der Waals surface area (Å²) >= 11 is 1.65. The van der Waals surface area contributed by atoms with Crippen LogP contribution in [0.4, 0.5) is 5.95 Å². The van der Waals surface area contributed by atoms with Crippen LogP contribution in [-0.4, -0.2) is 21.5 Å². The molecular weight excluding hydrogens is 208 g/mol. The first-order valence-corrected chi connectivity index (χ1v) is 5.70. The Bertz CT molecular complexity index is 413. The van der Waals surface area contributed by atoms with Gasteiger partial charge in [-0.2, -0.15) is 0 Å². The van der Waals surface area contributed by atoms with Crippen LogP contribution >= 0.6 is 11.3 Å². The van der Waals surface area contributed by atoms with Crippen LogP contribution in [0.2, 0.25) is 0 Å². The van der Waals surface area contributed by atoms with E-state index in [0.717, 1.165) is 23.7 Å². The van der Waals surface area contributed by atoms with Crippen molar-refractivity contribution in [1.29, 1.82) is 0 Å². The lowest BCUT2D eigenvalue weighted by molar-refractivity contribution is 0.997. The fourth-order valence-electron chi connectivity index (χ4n) is 1.23. The predicted molar refractivity (Wildman–Crippen MR) is 61.1 cm³/mol. The van der Waals surface area contributed by atoms with E-state index >= 15 is 0 Å². The average molecular weight is 220 g/mol. The normalized spacial score (nSPS) is 10.2. The van der Waals surface area contributed by atoms with Crippen LogP contribution in [0.3, 0.4) is 0 Å². The standard InChI is InChI=1S/C10H12N4S/c1-2-11-10-13-4-3-8(14-10)7-9-12-5-6-15-9/h3-6H,2,7H2,1H3,(H,11,13,14). The molecule has 0 saturated carbocycles. The highest BCUT2D eigenvalue weighted by Gasteiger charge is 2.01. The Morgan fingerprint density at radius 3 is 3.00 bits per heavy atom. The third kappa shape index (κ3) is 2.73. The number of rotatable bonds is 4. The van der Waals surface area contributed by atoms with Gasteiger partial charge in [0.15, 0.2) is 0 Å². The number of hydrogen-bond acceptors (Lipinski definition) is 5. The molecule has 1 N–H and O–H groups in total. The van der Waals surface area contributed by atoms with Crippen molar-refractivity contribution in [2.24, 2.45) is 0 Å². The summed E-state index contributed by atoms with van der Waals surface area (Å²) < 4.78 is 0. The number of anilines is 1. The third-order valence-corrected chi connectivity index (χ3v) is 2.64. The molecule has 4 nitrogen and oxygen atoms in total. The van der Waals surface area contributed by atoms with Gasteiger partial charge in [0.25, 0.3) is 0 Å². The fraction of sp³-hybridized carbons (Fsp3) is 0.300. The molecule has 0 fully saturated rings. The summed E-state index contributed by atoms with van der Waals surface area (Å²) in [6, 6.07) is 1.92. The first-order chi connectivity index (χ1) is 7.38. The Balaban J connectivity index is 2.11. The molecule has 2 heterocycles. The molecule has 0 aromatic carbocycles. The molecule has 0 spiro atoms. The molecule has 0 aliphatic carbocycles. The van der Waals surface area contributed by atoms with Crippen molar-refractivity contribution in [1.82, 2.24) is 15.0 Å². The quantitative estimate of drug-likeness (QED) is 0.855. The van der Waals surface area contributed by atoms with Gasteiger partial charge in [0, 0.05) is 30.7 Å². The molecule has 0 radical (unpaired) electrons. The van der Waals surface area contributed by atoms with Gasteiger partial charge >= 0.3 is 0 Å². The van der Waals surface area contributed by atoms with Gasteiger partial charge in [-0.15, -0.1) is 11.3 Å². The minimum absolute atomic E-state index is 0.687. The molecule has 2 aromatic rings. The molecule has 0 amide bonds. The second-order valence-electron chi connectivity index (χ2n) is 3.00. The molecule has 15 heavy (non-hydrogen) atoms. The number of hydrogen-bond donors (Lipinski definition) is 1. The van der Waals surface area contributed by atoms with Crippen molar-refractivity contribution < 1.29 is 0 Å². The molecule has 0 saturated heterocycles. The minimum atomic E-state index is 0.687. The molecule has 0 aliphatic heterocycles. The van der Waals surface area contributed by atoms with Gasteiger partial charge in [0.2, 0.25) is 5.95 Å².